The Balaban J connectivity index is 1.78. The molecule has 3 nitrogen and oxygen atoms in total. The first-order chi connectivity index (χ1) is 11.7. The van der Waals surface area contributed by atoms with Crippen LogP contribution in [-0.4, -0.2) is 19.1 Å². The molecule has 0 atom stereocenters. The van der Waals surface area contributed by atoms with E-state index in [1.807, 2.05) is 54.6 Å². The summed E-state index contributed by atoms with van der Waals surface area (Å²) in [6, 6.07) is 17.8. The van der Waals surface area contributed by atoms with E-state index >= 15 is 0 Å². The molecule has 1 aliphatic rings. The largest absolute Gasteiger partial charge is 0.451 e. The zero-order valence-electron chi connectivity index (χ0n) is 13.4. The highest BCUT2D eigenvalue weighted by Crippen LogP contribution is 2.35. The molecule has 0 spiro atoms. The predicted octanol–water partition coefficient (Wildman–Crippen LogP) is 4.28. The van der Waals surface area contributed by atoms with Crippen molar-refractivity contribution < 1.29 is 9.53 Å². The van der Waals surface area contributed by atoms with Gasteiger partial charge in [0.15, 0.2) is 0 Å². The molecule has 2 aromatic rings. The third-order valence-corrected chi connectivity index (χ3v) is 5.03. The number of esters is 1. The number of ether oxygens (including phenoxy) is 1. The van der Waals surface area contributed by atoms with Gasteiger partial charge in [-0.25, -0.2) is 4.79 Å². The first-order valence-electron chi connectivity index (χ1n) is 8.11. The van der Waals surface area contributed by atoms with Crippen LogP contribution in [0.3, 0.4) is 0 Å². The molecule has 0 unspecified atom stereocenters. The van der Waals surface area contributed by atoms with E-state index in [4.69, 9.17) is 4.74 Å². The topological polar surface area (TPSA) is 38.3 Å². The Labute approximate surface area is 150 Å². The molecule has 0 aromatic heterocycles. The normalized spacial score (nSPS) is 16.9. The van der Waals surface area contributed by atoms with Crippen LogP contribution in [0.4, 0.5) is 0 Å². The summed E-state index contributed by atoms with van der Waals surface area (Å²) < 4.78 is 6.90. The number of hydrogen-bond acceptors (Lipinski definition) is 3. The van der Waals surface area contributed by atoms with Gasteiger partial charge in [0, 0.05) is 23.4 Å². The average molecular weight is 386 g/mol. The summed E-state index contributed by atoms with van der Waals surface area (Å²) >= 11 is 3.48. The number of halogens is 1. The SMILES string of the molecule is O=C(/C=C/c1ccccc1Br)OC1(c2ccccc2)CCNCC1. The van der Waals surface area contributed by atoms with Crippen LogP contribution in [0.5, 0.6) is 0 Å². The second-order valence-corrected chi connectivity index (χ2v) is 6.74. The van der Waals surface area contributed by atoms with Crippen molar-refractivity contribution in [2.24, 2.45) is 0 Å². The molecule has 0 bridgehead atoms. The Hall–Kier alpha value is -1.91. The fraction of sp³-hybridized carbons (Fsp3) is 0.250. The Morgan fingerprint density at radius 1 is 1.04 bits per heavy atom. The monoisotopic (exact) mass is 385 g/mol. The molecule has 4 heteroatoms. The van der Waals surface area contributed by atoms with E-state index in [0.717, 1.165) is 41.5 Å². The molecule has 3 rings (SSSR count). The van der Waals surface area contributed by atoms with Crippen LogP contribution in [0.25, 0.3) is 6.08 Å². The third kappa shape index (κ3) is 3.94. The van der Waals surface area contributed by atoms with Gasteiger partial charge in [-0.3, -0.25) is 0 Å². The van der Waals surface area contributed by atoms with Gasteiger partial charge in [-0.15, -0.1) is 0 Å². The first-order valence-corrected chi connectivity index (χ1v) is 8.91. The fourth-order valence-electron chi connectivity index (χ4n) is 3.02. The maximum atomic E-state index is 12.4. The summed E-state index contributed by atoms with van der Waals surface area (Å²) in [7, 11) is 0. The molecule has 1 fully saturated rings. The minimum Gasteiger partial charge on any atom is -0.451 e. The summed E-state index contributed by atoms with van der Waals surface area (Å²) in [5.41, 5.74) is 1.48. The van der Waals surface area contributed by atoms with E-state index < -0.39 is 5.60 Å². The smallest absolute Gasteiger partial charge is 0.331 e. The Kier molecular flexibility index (Phi) is 5.48. The highest BCUT2D eigenvalue weighted by atomic mass is 79.9. The third-order valence-electron chi connectivity index (χ3n) is 4.31. The lowest BCUT2D eigenvalue weighted by Gasteiger charge is -2.37. The highest BCUT2D eigenvalue weighted by molar-refractivity contribution is 9.10. The minimum absolute atomic E-state index is 0.309. The Morgan fingerprint density at radius 2 is 1.71 bits per heavy atom. The van der Waals surface area contributed by atoms with Gasteiger partial charge >= 0.3 is 5.97 Å². The summed E-state index contributed by atoms with van der Waals surface area (Å²) in [5, 5.41) is 3.33. The predicted molar refractivity (Wildman–Crippen MR) is 99.5 cm³/mol. The minimum atomic E-state index is -0.540. The maximum absolute atomic E-state index is 12.4. The lowest BCUT2D eigenvalue weighted by molar-refractivity contribution is -0.157. The van der Waals surface area contributed by atoms with Gasteiger partial charge in [-0.05, 0) is 36.4 Å². The van der Waals surface area contributed by atoms with Gasteiger partial charge in [0.2, 0.25) is 0 Å². The van der Waals surface area contributed by atoms with Crippen LogP contribution in [0, 0.1) is 0 Å². The van der Waals surface area contributed by atoms with Gasteiger partial charge in [0.05, 0.1) is 0 Å². The van der Waals surface area contributed by atoms with E-state index in [9.17, 15) is 4.79 Å². The van der Waals surface area contributed by atoms with Crippen LogP contribution >= 0.6 is 15.9 Å². The second kappa shape index (κ2) is 7.77. The molecule has 0 saturated carbocycles. The van der Waals surface area contributed by atoms with E-state index in [1.165, 1.54) is 6.08 Å². The molecular weight excluding hydrogens is 366 g/mol. The van der Waals surface area contributed by atoms with Gasteiger partial charge < -0.3 is 10.1 Å². The number of hydrogen-bond donors (Lipinski definition) is 1. The lowest BCUT2D eigenvalue weighted by atomic mass is 9.85. The number of benzene rings is 2. The zero-order chi connectivity index (χ0) is 16.8. The van der Waals surface area contributed by atoms with Gasteiger partial charge in [-0.1, -0.05) is 64.5 Å². The fourth-order valence-corrected chi connectivity index (χ4v) is 3.43. The molecule has 1 aliphatic heterocycles. The summed E-state index contributed by atoms with van der Waals surface area (Å²) in [4.78, 5) is 12.4. The molecule has 1 heterocycles. The van der Waals surface area contributed by atoms with Gasteiger partial charge in [-0.2, -0.15) is 0 Å². The van der Waals surface area contributed by atoms with Crippen LogP contribution < -0.4 is 5.32 Å². The van der Waals surface area contributed by atoms with Crippen molar-refractivity contribution in [3.05, 3.63) is 76.3 Å². The van der Waals surface area contributed by atoms with Crippen molar-refractivity contribution in [2.75, 3.05) is 13.1 Å². The van der Waals surface area contributed by atoms with Crippen LogP contribution in [0.1, 0.15) is 24.0 Å². The van der Waals surface area contributed by atoms with Crippen molar-refractivity contribution in [2.45, 2.75) is 18.4 Å². The van der Waals surface area contributed by atoms with E-state index in [0.29, 0.717) is 0 Å². The van der Waals surface area contributed by atoms with Crippen molar-refractivity contribution in [1.82, 2.24) is 5.32 Å². The second-order valence-electron chi connectivity index (χ2n) is 5.89. The molecule has 124 valence electrons. The Bertz CT molecular complexity index is 721. The molecule has 0 aliphatic carbocycles. The molecule has 24 heavy (non-hydrogen) atoms. The molecule has 1 N–H and O–H groups in total. The Morgan fingerprint density at radius 3 is 2.42 bits per heavy atom. The summed E-state index contributed by atoms with van der Waals surface area (Å²) in [5.74, 6) is -0.309. The molecule has 0 amide bonds. The number of rotatable bonds is 4. The lowest BCUT2D eigenvalue weighted by Crippen LogP contribution is -2.42. The van der Waals surface area contributed by atoms with Crippen molar-refractivity contribution in [3.63, 3.8) is 0 Å². The highest BCUT2D eigenvalue weighted by Gasteiger charge is 2.37. The van der Waals surface area contributed by atoms with Crippen molar-refractivity contribution in [3.8, 4) is 0 Å². The van der Waals surface area contributed by atoms with Crippen LogP contribution in [0.2, 0.25) is 0 Å². The van der Waals surface area contributed by atoms with Gasteiger partial charge in [0.25, 0.3) is 0 Å². The van der Waals surface area contributed by atoms with Crippen molar-refractivity contribution in [1.29, 1.82) is 0 Å². The maximum Gasteiger partial charge on any atom is 0.331 e. The average Bonchev–Trinajstić information content (AvgIpc) is 2.62. The van der Waals surface area contributed by atoms with Crippen LogP contribution in [0.15, 0.2) is 65.1 Å². The number of piperidine rings is 1. The summed E-state index contributed by atoms with van der Waals surface area (Å²) in [6.07, 6.45) is 4.86. The number of nitrogens with one attached hydrogen (secondary N) is 1. The standard InChI is InChI=1S/C20H20BrNO2/c21-18-9-5-4-6-16(18)10-11-19(23)24-20(12-14-22-15-13-20)17-7-2-1-3-8-17/h1-11,22H,12-15H2/b11-10+. The first kappa shape index (κ1) is 16.9. The number of carbonyl (C=O) groups excluding carboxylic acids is 1. The van der Waals surface area contributed by atoms with E-state index in [1.54, 1.807) is 6.08 Å². The summed E-state index contributed by atoms with van der Waals surface area (Å²) in [6.45, 7) is 1.69. The van der Waals surface area contributed by atoms with Crippen LogP contribution in [-0.2, 0) is 15.1 Å². The number of carbonyl (C=O) groups is 1. The van der Waals surface area contributed by atoms with E-state index in [-0.39, 0.29) is 5.97 Å². The van der Waals surface area contributed by atoms with Crippen molar-refractivity contribution >= 4 is 28.0 Å². The van der Waals surface area contributed by atoms with E-state index in [2.05, 4.69) is 21.2 Å². The molecular formula is C20H20BrNO2. The molecule has 2 aromatic carbocycles. The quantitative estimate of drug-likeness (QED) is 0.630. The van der Waals surface area contributed by atoms with Gasteiger partial charge in [0.1, 0.15) is 5.60 Å². The molecule has 0 radical (unpaired) electrons. The molecule has 1 saturated heterocycles. The zero-order valence-corrected chi connectivity index (χ0v) is 15.0.